The first-order valence-electron chi connectivity index (χ1n) is 8.49. The van der Waals surface area contributed by atoms with E-state index >= 15 is 0 Å². The highest BCUT2D eigenvalue weighted by Gasteiger charge is 2.71. The third-order valence-electron chi connectivity index (χ3n) is 6.06. The zero-order valence-electron chi connectivity index (χ0n) is 14.0. The van der Waals surface area contributed by atoms with Crippen LogP contribution in [0.1, 0.15) is 43.3 Å². The molecular formula is C19H20N4O. The number of aliphatic hydroxyl groups excluding tert-OH is 1. The molecule has 2 aliphatic carbocycles. The number of hydrogen-bond acceptors (Lipinski definition) is 4. The third-order valence-corrected chi connectivity index (χ3v) is 6.06. The van der Waals surface area contributed by atoms with Crippen molar-refractivity contribution in [2.24, 2.45) is 5.41 Å². The average Bonchev–Trinajstić information content (AvgIpc) is 3.42. The molecule has 2 heterocycles. The van der Waals surface area contributed by atoms with E-state index in [1.54, 1.807) is 6.07 Å². The monoisotopic (exact) mass is 320 g/mol. The Kier molecular flexibility index (Phi) is 2.60. The van der Waals surface area contributed by atoms with Gasteiger partial charge in [-0.1, -0.05) is 19.1 Å². The second-order valence-electron chi connectivity index (χ2n) is 7.54. The maximum absolute atomic E-state index is 9.40. The zero-order valence-corrected chi connectivity index (χ0v) is 14.0. The lowest BCUT2D eigenvalue weighted by Gasteiger charge is -2.12. The molecule has 3 aromatic rings. The summed E-state index contributed by atoms with van der Waals surface area (Å²) >= 11 is 0. The molecule has 0 saturated heterocycles. The second kappa shape index (κ2) is 4.42. The summed E-state index contributed by atoms with van der Waals surface area (Å²) in [7, 11) is 0. The van der Waals surface area contributed by atoms with Gasteiger partial charge in [-0.25, -0.2) is 14.6 Å². The molecule has 0 radical (unpaired) electrons. The molecule has 2 aromatic heterocycles. The topological polar surface area (TPSA) is 63.8 Å². The number of fused-ring (bicyclic) bond motifs is 1. The fraction of sp³-hybridized carbons (Fsp3) is 0.421. The Labute approximate surface area is 140 Å². The molecule has 2 fully saturated rings. The van der Waals surface area contributed by atoms with Crippen LogP contribution in [-0.2, 0) is 12.0 Å². The van der Waals surface area contributed by atoms with Crippen LogP contribution < -0.4 is 0 Å². The van der Waals surface area contributed by atoms with E-state index in [0.29, 0.717) is 28.2 Å². The minimum atomic E-state index is -0.0958. The number of hydrogen-bond donors (Lipinski definition) is 1. The summed E-state index contributed by atoms with van der Waals surface area (Å²) in [4.78, 5) is 8.74. The molecule has 24 heavy (non-hydrogen) atoms. The molecular weight excluding hydrogens is 300 g/mol. The predicted molar refractivity (Wildman–Crippen MR) is 91.0 cm³/mol. The summed E-state index contributed by atoms with van der Waals surface area (Å²) in [6.07, 6.45) is 5.91. The number of nitrogens with zero attached hydrogens (tertiary/aromatic N) is 4. The first-order chi connectivity index (χ1) is 11.5. The van der Waals surface area contributed by atoms with Gasteiger partial charge < -0.3 is 5.11 Å². The molecule has 0 unspecified atom stereocenters. The van der Waals surface area contributed by atoms with Crippen LogP contribution in [0, 0.1) is 12.3 Å². The van der Waals surface area contributed by atoms with Crippen molar-refractivity contribution in [2.45, 2.75) is 45.1 Å². The first kappa shape index (κ1) is 14.1. The lowest BCUT2D eigenvalue weighted by Crippen LogP contribution is -2.07. The van der Waals surface area contributed by atoms with Gasteiger partial charge in [0.05, 0.1) is 24.0 Å². The van der Waals surface area contributed by atoms with E-state index in [0.717, 1.165) is 10.9 Å². The van der Waals surface area contributed by atoms with E-state index < -0.39 is 0 Å². The van der Waals surface area contributed by atoms with E-state index in [4.69, 9.17) is 0 Å². The average molecular weight is 320 g/mol. The van der Waals surface area contributed by atoms with E-state index in [2.05, 4.69) is 40.2 Å². The van der Waals surface area contributed by atoms with Gasteiger partial charge in [0.1, 0.15) is 5.82 Å². The molecule has 5 heteroatoms. The van der Waals surface area contributed by atoms with Crippen molar-refractivity contribution < 1.29 is 5.11 Å². The molecule has 1 aromatic carbocycles. The fourth-order valence-electron chi connectivity index (χ4n) is 4.27. The smallest absolute Gasteiger partial charge is 0.158 e. The molecule has 1 spiro atoms. The molecule has 0 aliphatic heterocycles. The zero-order chi connectivity index (χ0) is 16.5. The quantitative estimate of drug-likeness (QED) is 0.805. The van der Waals surface area contributed by atoms with Crippen molar-refractivity contribution in [3.05, 3.63) is 47.5 Å². The van der Waals surface area contributed by atoms with Gasteiger partial charge in [-0.3, -0.25) is 0 Å². The maximum Gasteiger partial charge on any atom is 0.158 e. The van der Waals surface area contributed by atoms with Crippen molar-refractivity contribution in [1.29, 1.82) is 0 Å². The Morgan fingerprint density at radius 2 is 2.04 bits per heavy atom. The maximum atomic E-state index is 9.40. The van der Waals surface area contributed by atoms with Crippen LogP contribution in [-0.4, -0.2) is 24.9 Å². The van der Waals surface area contributed by atoms with Crippen LogP contribution in [0.3, 0.4) is 0 Å². The molecule has 5 nitrogen and oxygen atoms in total. The number of aryl methyl sites for hydroxylation is 1. The molecule has 2 aliphatic rings. The highest BCUT2D eigenvalue weighted by atomic mass is 16.3. The minimum absolute atomic E-state index is 0.0958. The Morgan fingerprint density at radius 1 is 1.21 bits per heavy atom. The molecule has 2 saturated carbocycles. The van der Waals surface area contributed by atoms with Gasteiger partial charge in [0.2, 0.25) is 0 Å². The van der Waals surface area contributed by atoms with Crippen molar-refractivity contribution in [3.8, 4) is 5.82 Å². The van der Waals surface area contributed by atoms with Crippen LogP contribution in [0.25, 0.3) is 16.7 Å². The molecule has 1 N–H and O–H groups in total. The normalized spacial score (nSPS) is 23.8. The van der Waals surface area contributed by atoms with Gasteiger partial charge in [0.25, 0.3) is 0 Å². The summed E-state index contributed by atoms with van der Waals surface area (Å²) in [5.41, 5.74) is 4.00. The predicted octanol–water partition coefficient (Wildman–Crippen LogP) is 3.06. The summed E-state index contributed by atoms with van der Waals surface area (Å²) in [5.74, 6) is 1.35. The van der Waals surface area contributed by atoms with Crippen LogP contribution in [0.2, 0.25) is 0 Å². The van der Waals surface area contributed by atoms with Crippen LogP contribution >= 0.6 is 0 Å². The number of benzene rings is 1. The lowest BCUT2D eigenvalue weighted by atomic mass is 9.93. The van der Waals surface area contributed by atoms with E-state index in [1.165, 1.54) is 24.8 Å². The number of rotatable bonds is 3. The SMILES string of the molecule is Cc1nc(CO)cc(-n2ncc3ccc([C@]4(C)CC45CC5)cc32)n1. The number of aliphatic hydroxyl groups is 1. The highest BCUT2D eigenvalue weighted by Crippen LogP contribution is 2.78. The summed E-state index contributed by atoms with van der Waals surface area (Å²) in [6, 6.07) is 8.49. The standard InChI is InChI=1S/C19H20N4O/c1-12-21-15(10-24)8-17(22-12)23-16-7-14(4-3-13(16)9-20-23)18(2)11-19(18)5-6-19/h3-4,7-9,24H,5-6,10-11H2,1-2H3/t18-/m0/s1. The third kappa shape index (κ3) is 1.82. The van der Waals surface area contributed by atoms with Crippen molar-refractivity contribution in [2.75, 3.05) is 0 Å². The van der Waals surface area contributed by atoms with E-state index in [1.807, 2.05) is 17.8 Å². The van der Waals surface area contributed by atoms with Crippen LogP contribution in [0.5, 0.6) is 0 Å². The minimum Gasteiger partial charge on any atom is -0.390 e. The Morgan fingerprint density at radius 3 is 2.75 bits per heavy atom. The molecule has 5 rings (SSSR count). The molecule has 1 atom stereocenters. The van der Waals surface area contributed by atoms with Gasteiger partial charge in [-0.15, -0.1) is 0 Å². The summed E-state index contributed by atoms with van der Waals surface area (Å²) in [5, 5.41) is 15.0. The largest absolute Gasteiger partial charge is 0.390 e. The summed E-state index contributed by atoms with van der Waals surface area (Å²) in [6.45, 7) is 4.13. The van der Waals surface area contributed by atoms with Gasteiger partial charge in [0, 0.05) is 11.5 Å². The Bertz CT molecular complexity index is 973. The highest BCUT2D eigenvalue weighted by molar-refractivity contribution is 5.81. The molecule has 0 bridgehead atoms. The van der Waals surface area contributed by atoms with Crippen LogP contribution in [0.15, 0.2) is 30.5 Å². The Balaban J connectivity index is 1.66. The van der Waals surface area contributed by atoms with E-state index in [-0.39, 0.29) is 6.61 Å². The van der Waals surface area contributed by atoms with Gasteiger partial charge in [-0.05, 0) is 48.6 Å². The lowest BCUT2D eigenvalue weighted by molar-refractivity contribution is 0.276. The molecule has 122 valence electrons. The number of aromatic nitrogens is 4. The van der Waals surface area contributed by atoms with E-state index in [9.17, 15) is 5.11 Å². The van der Waals surface area contributed by atoms with Crippen molar-refractivity contribution in [1.82, 2.24) is 19.7 Å². The van der Waals surface area contributed by atoms with Crippen molar-refractivity contribution >= 4 is 10.9 Å². The van der Waals surface area contributed by atoms with Gasteiger partial charge in [-0.2, -0.15) is 5.10 Å². The second-order valence-corrected chi connectivity index (χ2v) is 7.54. The van der Waals surface area contributed by atoms with Gasteiger partial charge >= 0.3 is 0 Å². The van der Waals surface area contributed by atoms with Crippen molar-refractivity contribution in [3.63, 3.8) is 0 Å². The Hall–Kier alpha value is -2.27. The first-order valence-corrected chi connectivity index (χ1v) is 8.49. The summed E-state index contributed by atoms with van der Waals surface area (Å²) < 4.78 is 1.86. The fourth-order valence-corrected chi connectivity index (χ4v) is 4.27. The van der Waals surface area contributed by atoms with Crippen LogP contribution in [0.4, 0.5) is 0 Å². The molecule has 0 amide bonds. The van der Waals surface area contributed by atoms with Gasteiger partial charge in [0.15, 0.2) is 5.82 Å².